The third-order valence-corrected chi connectivity index (χ3v) is 7.48. The van der Waals surface area contributed by atoms with Crippen molar-refractivity contribution in [1.82, 2.24) is 10.2 Å². The Morgan fingerprint density at radius 2 is 1.93 bits per heavy atom. The molecule has 29 heavy (non-hydrogen) atoms. The summed E-state index contributed by atoms with van der Waals surface area (Å²) in [5.74, 6) is 1.15. The number of rotatable bonds is 9. The van der Waals surface area contributed by atoms with Crippen molar-refractivity contribution in [3.05, 3.63) is 52.2 Å². The molecule has 2 aromatic rings. The summed E-state index contributed by atoms with van der Waals surface area (Å²) in [6, 6.07) is 12.1. The molecule has 1 N–H and O–H groups in total. The fourth-order valence-corrected chi connectivity index (χ4v) is 5.38. The Kier molecular flexibility index (Phi) is 8.62. The Balaban J connectivity index is 1.52. The Morgan fingerprint density at radius 3 is 2.66 bits per heavy atom. The molecule has 2 amide bonds. The molecule has 1 saturated heterocycles. The van der Waals surface area contributed by atoms with E-state index in [9.17, 15) is 9.59 Å². The van der Waals surface area contributed by atoms with Gasteiger partial charge in [0.05, 0.1) is 5.56 Å². The van der Waals surface area contributed by atoms with Crippen LogP contribution < -0.4 is 5.32 Å². The number of likely N-dealkylation sites (tertiary alicyclic amines) is 1. The van der Waals surface area contributed by atoms with Gasteiger partial charge in [-0.3, -0.25) is 9.59 Å². The van der Waals surface area contributed by atoms with E-state index in [0.29, 0.717) is 13.1 Å². The molecule has 156 valence electrons. The average molecular weight is 431 g/mol. The summed E-state index contributed by atoms with van der Waals surface area (Å²) in [7, 11) is 0. The standard InChI is InChI=1S/C23H30N2O2S2/c1-2-3-6-13-24-22(26)18-11-14-25(15-12-18)23(27)20-9-4-5-10-21(20)29-17-19-8-7-16-28-19/h4-5,7-10,16,18H,2-3,6,11-15,17H2,1H3,(H,24,26). The molecule has 0 spiro atoms. The first kappa shape index (κ1) is 21.9. The Labute approximate surface area is 182 Å². The van der Waals surface area contributed by atoms with E-state index in [-0.39, 0.29) is 17.7 Å². The van der Waals surface area contributed by atoms with Gasteiger partial charge in [-0.05, 0) is 42.8 Å². The summed E-state index contributed by atoms with van der Waals surface area (Å²) in [5.41, 5.74) is 0.775. The third-order valence-electron chi connectivity index (χ3n) is 5.30. The maximum atomic E-state index is 13.1. The van der Waals surface area contributed by atoms with E-state index in [2.05, 4.69) is 29.8 Å². The van der Waals surface area contributed by atoms with Gasteiger partial charge in [-0.25, -0.2) is 0 Å². The average Bonchev–Trinajstić information content (AvgIpc) is 3.29. The molecule has 1 aromatic carbocycles. The number of piperidine rings is 1. The van der Waals surface area contributed by atoms with E-state index in [0.717, 1.165) is 54.9 Å². The molecule has 1 aliphatic rings. The first-order valence-electron chi connectivity index (χ1n) is 10.5. The zero-order valence-electron chi connectivity index (χ0n) is 17.1. The molecule has 6 heteroatoms. The summed E-state index contributed by atoms with van der Waals surface area (Å²) in [4.78, 5) is 29.7. The third kappa shape index (κ3) is 6.34. The van der Waals surface area contributed by atoms with Crippen LogP contribution in [0.2, 0.25) is 0 Å². The number of thiophene rings is 1. The molecule has 0 saturated carbocycles. The van der Waals surface area contributed by atoms with Crippen LogP contribution in [0.1, 0.15) is 54.3 Å². The van der Waals surface area contributed by atoms with E-state index in [4.69, 9.17) is 0 Å². The number of carbonyl (C=O) groups excluding carboxylic acids is 2. The van der Waals surface area contributed by atoms with Gasteiger partial charge in [0.1, 0.15) is 0 Å². The Hall–Kier alpha value is -1.79. The summed E-state index contributed by atoms with van der Waals surface area (Å²) in [6.07, 6.45) is 4.84. The van der Waals surface area contributed by atoms with Gasteiger partial charge in [0.25, 0.3) is 5.91 Å². The second-order valence-corrected chi connectivity index (χ2v) is 9.48. The summed E-state index contributed by atoms with van der Waals surface area (Å²) in [5, 5.41) is 5.14. The van der Waals surface area contributed by atoms with Gasteiger partial charge in [0, 0.05) is 41.1 Å². The molecule has 3 rings (SSSR count). The summed E-state index contributed by atoms with van der Waals surface area (Å²) < 4.78 is 0. The molecule has 0 bridgehead atoms. The number of nitrogens with zero attached hydrogens (tertiary/aromatic N) is 1. The van der Waals surface area contributed by atoms with E-state index in [1.165, 1.54) is 4.88 Å². The van der Waals surface area contributed by atoms with Crippen molar-refractivity contribution in [2.45, 2.75) is 49.7 Å². The molecule has 0 radical (unpaired) electrons. The van der Waals surface area contributed by atoms with Crippen LogP contribution in [0, 0.1) is 5.92 Å². The smallest absolute Gasteiger partial charge is 0.254 e. The second-order valence-electron chi connectivity index (χ2n) is 7.43. The van der Waals surface area contributed by atoms with E-state index >= 15 is 0 Å². The highest BCUT2D eigenvalue weighted by atomic mass is 32.2. The molecule has 0 unspecified atom stereocenters. The normalized spacial score (nSPS) is 14.7. The second kappa shape index (κ2) is 11.4. The minimum atomic E-state index is 0.0316. The van der Waals surface area contributed by atoms with Crippen LogP contribution in [0.5, 0.6) is 0 Å². The molecular formula is C23H30N2O2S2. The van der Waals surface area contributed by atoms with Crippen LogP contribution in [-0.2, 0) is 10.5 Å². The number of hydrogen-bond donors (Lipinski definition) is 1. The maximum Gasteiger partial charge on any atom is 0.254 e. The largest absolute Gasteiger partial charge is 0.356 e. The van der Waals surface area contributed by atoms with Crippen molar-refractivity contribution in [2.75, 3.05) is 19.6 Å². The van der Waals surface area contributed by atoms with Crippen molar-refractivity contribution >= 4 is 34.9 Å². The lowest BCUT2D eigenvalue weighted by Crippen LogP contribution is -2.43. The zero-order valence-corrected chi connectivity index (χ0v) is 18.7. The van der Waals surface area contributed by atoms with E-state index in [1.807, 2.05) is 29.2 Å². The number of thioether (sulfide) groups is 1. The maximum absolute atomic E-state index is 13.1. The predicted octanol–water partition coefficient (Wildman–Crippen LogP) is 5.20. The highest BCUT2D eigenvalue weighted by Crippen LogP contribution is 2.29. The fourth-order valence-electron chi connectivity index (χ4n) is 3.56. The van der Waals surface area contributed by atoms with Crippen LogP contribution in [0.25, 0.3) is 0 Å². The highest BCUT2D eigenvalue weighted by Gasteiger charge is 2.28. The Morgan fingerprint density at radius 1 is 1.14 bits per heavy atom. The van der Waals surface area contributed by atoms with Crippen molar-refractivity contribution < 1.29 is 9.59 Å². The number of nitrogens with one attached hydrogen (secondary N) is 1. The molecule has 4 nitrogen and oxygen atoms in total. The minimum absolute atomic E-state index is 0.0316. The van der Waals surface area contributed by atoms with E-state index in [1.54, 1.807) is 23.1 Å². The first-order valence-corrected chi connectivity index (χ1v) is 12.4. The molecule has 1 aliphatic heterocycles. The van der Waals surface area contributed by atoms with Gasteiger partial charge in [-0.1, -0.05) is 38.0 Å². The molecule has 0 atom stereocenters. The lowest BCUT2D eigenvalue weighted by atomic mass is 9.95. The number of unbranched alkanes of at least 4 members (excludes halogenated alkanes) is 2. The number of benzene rings is 1. The Bertz CT molecular complexity index is 784. The number of amides is 2. The van der Waals surface area contributed by atoms with Gasteiger partial charge >= 0.3 is 0 Å². The van der Waals surface area contributed by atoms with Crippen molar-refractivity contribution in [3.63, 3.8) is 0 Å². The van der Waals surface area contributed by atoms with E-state index < -0.39 is 0 Å². The van der Waals surface area contributed by atoms with Gasteiger partial charge in [-0.2, -0.15) is 0 Å². The first-order chi connectivity index (χ1) is 14.2. The van der Waals surface area contributed by atoms with Gasteiger partial charge < -0.3 is 10.2 Å². The molecule has 1 aromatic heterocycles. The summed E-state index contributed by atoms with van der Waals surface area (Å²) >= 11 is 3.46. The van der Waals surface area contributed by atoms with Crippen LogP contribution in [0.4, 0.5) is 0 Å². The monoisotopic (exact) mass is 430 g/mol. The van der Waals surface area contributed by atoms with Crippen LogP contribution >= 0.6 is 23.1 Å². The fraction of sp³-hybridized carbons (Fsp3) is 0.478. The van der Waals surface area contributed by atoms with Crippen LogP contribution in [0.3, 0.4) is 0 Å². The zero-order chi connectivity index (χ0) is 20.5. The van der Waals surface area contributed by atoms with Crippen LogP contribution in [0.15, 0.2) is 46.7 Å². The molecule has 1 fully saturated rings. The summed E-state index contributed by atoms with van der Waals surface area (Å²) in [6.45, 7) is 4.22. The van der Waals surface area contributed by atoms with Crippen LogP contribution in [-0.4, -0.2) is 36.3 Å². The lowest BCUT2D eigenvalue weighted by molar-refractivity contribution is -0.126. The number of carbonyl (C=O) groups is 2. The van der Waals surface area contributed by atoms with Crippen molar-refractivity contribution in [1.29, 1.82) is 0 Å². The number of hydrogen-bond acceptors (Lipinski definition) is 4. The van der Waals surface area contributed by atoms with Gasteiger partial charge in [0.2, 0.25) is 5.91 Å². The highest BCUT2D eigenvalue weighted by molar-refractivity contribution is 7.98. The van der Waals surface area contributed by atoms with Crippen molar-refractivity contribution in [3.8, 4) is 0 Å². The minimum Gasteiger partial charge on any atom is -0.356 e. The van der Waals surface area contributed by atoms with Gasteiger partial charge in [-0.15, -0.1) is 23.1 Å². The molecule has 2 heterocycles. The van der Waals surface area contributed by atoms with Crippen molar-refractivity contribution in [2.24, 2.45) is 5.92 Å². The lowest BCUT2D eigenvalue weighted by Gasteiger charge is -2.31. The van der Waals surface area contributed by atoms with Gasteiger partial charge in [0.15, 0.2) is 0 Å². The topological polar surface area (TPSA) is 49.4 Å². The predicted molar refractivity (Wildman–Crippen MR) is 121 cm³/mol. The SMILES string of the molecule is CCCCCNC(=O)C1CCN(C(=O)c2ccccc2SCc2cccs2)CC1. The molecular weight excluding hydrogens is 400 g/mol. The quantitative estimate of drug-likeness (QED) is 0.439. The molecule has 0 aliphatic carbocycles.